The Hall–Kier alpha value is -14.6. The molecule has 12 heterocycles. The monoisotopic (exact) mass is 2160 g/mol. The second-order valence-electron chi connectivity index (χ2n) is 30.2. The molecule has 0 unspecified atom stereocenters. The number of imidazole rings is 3. The van der Waals surface area contributed by atoms with Gasteiger partial charge in [-0.3, -0.25) is 29.9 Å². The van der Waals surface area contributed by atoms with Crippen molar-refractivity contribution in [2.24, 2.45) is 21.1 Å². The largest absolute Gasteiger partial charge is 2.00 e. The van der Waals surface area contributed by atoms with Crippen molar-refractivity contribution in [2.75, 3.05) is 0 Å². The minimum Gasteiger partial charge on any atom is -0.367 e. The summed E-state index contributed by atoms with van der Waals surface area (Å²) in [5.74, 6) is 2.62. The number of para-hydroxylation sites is 8. The van der Waals surface area contributed by atoms with E-state index in [-0.39, 0.29) is 63.2 Å². The van der Waals surface area contributed by atoms with E-state index in [2.05, 4.69) is 309 Å². The maximum Gasteiger partial charge on any atom is 2.00 e. The molecule has 126 heavy (non-hydrogen) atoms. The number of aromatic nitrogens is 15. The van der Waals surface area contributed by atoms with Crippen molar-refractivity contribution in [3.05, 3.63) is 402 Å². The molecule has 12 aromatic carbocycles. The summed E-state index contributed by atoms with van der Waals surface area (Å²) in [7, 11) is 6.18. The van der Waals surface area contributed by atoms with E-state index in [4.69, 9.17) is 15.0 Å². The van der Waals surface area contributed by atoms with Crippen LogP contribution in [0.15, 0.2) is 365 Å². The first kappa shape index (κ1) is 81.1. The minimum atomic E-state index is 0. The summed E-state index contributed by atoms with van der Waals surface area (Å²) in [6.45, 7) is 0. The molecule has 12 aromatic heterocycles. The van der Waals surface area contributed by atoms with Crippen LogP contribution < -0.4 is 0 Å². The summed E-state index contributed by atoms with van der Waals surface area (Å²) >= 11 is 0. The van der Waals surface area contributed by atoms with E-state index in [0.29, 0.717) is 0 Å². The number of pyridine rings is 6. The molecular weight excluding hydrogens is 2090 g/mol. The molecule has 0 aliphatic carbocycles. The van der Waals surface area contributed by atoms with Crippen LogP contribution in [0.25, 0.3) is 217 Å². The van der Waals surface area contributed by atoms with Gasteiger partial charge in [-0.15, -0.1) is 149 Å². The Morgan fingerprint density at radius 1 is 0.246 bits per heavy atom. The normalized spacial score (nSPS) is 11.3. The molecule has 0 atom stereocenters. The van der Waals surface area contributed by atoms with Crippen molar-refractivity contribution >= 4 is 98.5 Å². The molecule has 0 N–H and O–H groups in total. The Balaban J connectivity index is 0.000000122. The smallest absolute Gasteiger partial charge is 0.367 e. The third-order valence-corrected chi connectivity index (χ3v) is 23.0. The van der Waals surface area contributed by atoms with Crippen LogP contribution in [0.3, 0.4) is 0 Å². The third kappa shape index (κ3) is 14.6. The molecule has 0 spiro atoms. The second-order valence-corrected chi connectivity index (χ2v) is 30.2. The summed E-state index contributed by atoms with van der Waals surface area (Å²) in [5, 5.41) is 6.88. The van der Waals surface area contributed by atoms with Gasteiger partial charge < -0.3 is 42.4 Å². The zero-order chi connectivity index (χ0) is 82.0. The molecule has 0 amide bonds. The van der Waals surface area contributed by atoms with Gasteiger partial charge in [0, 0.05) is 105 Å². The molecule has 0 aliphatic rings. The first-order chi connectivity index (χ1) is 60.8. The predicted molar refractivity (Wildman–Crippen MR) is 494 cm³/mol. The van der Waals surface area contributed by atoms with Gasteiger partial charge in [-0.2, -0.15) is 0 Å². The fraction of sp³-hybridized carbons (Fsp3) is 0.0278. The van der Waals surface area contributed by atoms with Gasteiger partial charge >= 0.3 is 63.2 Å². The van der Waals surface area contributed by atoms with E-state index in [1.54, 1.807) is 18.6 Å². The van der Waals surface area contributed by atoms with Crippen LogP contribution >= 0.6 is 0 Å². The summed E-state index contributed by atoms with van der Waals surface area (Å²) in [5.41, 5.74) is 29.6. The maximum atomic E-state index is 5.15. The number of hydrogen-bond donors (Lipinski definition) is 0. The molecule has 24 rings (SSSR count). The summed E-state index contributed by atoms with van der Waals surface area (Å²) < 4.78 is 13.2. The first-order valence-electron chi connectivity index (χ1n) is 40.6. The molecule has 0 fully saturated rings. The third-order valence-electron chi connectivity index (χ3n) is 23.0. The topological polar surface area (TPSA) is 146 Å². The zero-order valence-corrected chi connectivity index (χ0v) is 74.6. The molecule has 0 saturated carbocycles. The Labute approximate surface area is 768 Å². The van der Waals surface area contributed by atoms with Crippen LogP contribution in [0.1, 0.15) is 0 Å². The van der Waals surface area contributed by atoms with Crippen LogP contribution in [0.4, 0.5) is 0 Å². The SMILES string of the molecule is Cn1c(-c2[c-]c3c(cc2)c2ccccc2n3-c2[c-]c(-c3ccccn3)cc(-c3cccnc3)c2)nc2ccccc21.Cn1c(-c2[c-]c3c(cc2)c2ccccc2n3-c2[c-]c(-c3ccccn3)ccc2)nc2c(-c3cccnc3)cccc21.Cn1c(-c2[c-]c3c(cc2)c2ccccc2n3-c2[c-]c(-c3ccccn3)ccc2-c2cccnc2)nc2ccccc21.[Pt+2].[Pt+2].[Pt+2]. The van der Waals surface area contributed by atoms with E-state index in [0.717, 1.165) is 212 Å². The summed E-state index contributed by atoms with van der Waals surface area (Å²) in [6.07, 6.45) is 16.5. The number of nitrogens with zero attached hydrogens (tertiary/aromatic N) is 15. The molecule has 0 radical (unpaired) electrons. The van der Waals surface area contributed by atoms with Gasteiger partial charge in [0.2, 0.25) is 0 Å². The van der Waals surface area contributed by atoms with Gasteiger partial charge in [0.05, 0.1) is 50.6 Å². The molecule has 0 aliphatic heterocycles. The molecule has 0 bridgehead atoms. The standard InChI is InChI=1S/3C36H23N5.3Pt/c1-40-33-14-5-3-12-31(33)39-36(40)25-16-18-29-28-10-2-4-13-32(28)41(35(29)22-25)34-21-24(30-11-6-7-20-38-30)15-17-27(34)26-9-8-19-37-23-26;1-40-34-14-5-3-12-32(34)39-36(40)24-15-16-30-29-10-2-4-13-33(29)41(35(30)22-24)28-20-26(25-9-8-17-37-23-25)19-27(21-28)31-11-6-7-18-38-31;1-40-33-16-7-13-28(26-10-8-19-37-23-26)35(33)39-36(40)25-17-18-30-29-12-2-3-15-32(29)41(34(30)22-25)27-11-6-9-24(21-27)31-14-4-5-20-38-31;;;/h3*2-20,23H,1H3;;;/q3*-2;3*+2. The van der Waals surface area contributed by atoms with Crippen LogP contribution in [0.2, 0.25) is 0 Å². The molecule has 15 nitrogen and oxygen atoms in total. The number of hydrogen-bond acceptors (Lipinski definition) is 9. The van der Waals surface area contributed by atoms with Gasteiger partial charge in [-0.1, -0.05) is 173 Å². The number of benzene rings is 12. The number of rotatable bonds is 12. The summed E-state index contributed by atoms with van der Waals surface area (Å²) in [4.78, 5) is 42.0. The Bertz CT molecular complexity index is 8110. The van der Waals surface area contributed by atoms with E-state index in [1.807, 2.05) is 152 Å². The van der Waals surface area contributed by atoms with Crippen LogP contribution in [-0.2, 0) is 84.3 Å². The van der Waals surface area contributed by atoms with Crippen molar-refractivity contribution in [3.8, 4) is 118 Å². The summed E-state index contributed by atoms with van der Waals surface area (Å²) in [6, 6.07) is 128. The fourth-order valence-electron chi connectivity index (χ4n) is 17.2. The van der Waals surface area contributed by atoms with Crippen molar-refractivity contribution in [3.63, 3.8) is 0 Å². The van der Waals surface area contributed by atoms with Gasteiger partial charge in [-0.05, 0) is 163 Å². The van der Waals surface area contributed by atoms with E-state index in [9.17, 15) is 0 Å². The predicted octanol–water partition coefficient (Wildman–Crippen LogP) is 24.2. The molecule has 606 valence electrons. The van der Waals surface area contributed by atoms with Crippen molar-refractivity contribution in [1.82, 2.24) is 72.3 Å². The van der Waals surface area contributed by atoms with Crippen LogP contribution in [-0.4, -0.2) is 72.3 Å². The zero-order valence-electron chi connectivity index (χ0n) is 67.8. The molecular formula is C108H69N15Pt3. The van der Waals surface area contributed by atoms with Gasteiger partial charge in [0.25, 0.3) is 0 Å². The van der Waals surface area contributed by atoms with E-state index < -0.39 is 0 Å². The average Bonchev–Trinajstić information content (AvgIpc) is 1.59. The Morgan fingerprint density at radius 2 is 0.651 bits per heavy atom. The molecule has 24 aromatic rings. The van der Waals surface area contributed by atoms with Crippen molar-refractivity contribution < 1.29 is 63.2 Å². The van der Waals surface area contributed by atoms with Gasteiger partial charge in [-0.25, -0.2) is 0 Å². The first-order valence-corrected chi connectivity index (χ1v) is 40.6. The fourth-order valence-corrected chi connectivity index (χ4v) is 17.2. The maximum absolute atomic E-state index is 5.15. The number of fused-ring (bicyclic) bond motifs is 12. The average molecular weight is 2160 g/mol. The van der Waals surface area contributed by atoms with Crippen molar-refractivity contribution in [2.45, 2.75) is 0 Å². The Morgan fingerprint density at radius 3 is 1.15 bits per heavy atom. The minimum absolute atomic E-state index is 0. The van der Waals surface area contributed by atoms with Crippen LogP contribution in [0.5, 0.6) is 0 Å². The molecule has 18 heteroatoms. The van der Waals surface area contributed by atoms with Crippen LogP contribution in [0, 0.1) is 36.4 Å². The second kappa shape index (κ2) is 34.6. The van der Waals surface area contributed by atoms with E-state index >= 15 is 0 Å². The quantitative estimate of drug-likeness (QED) is 0.109. The number of aryl methyl sites for hydroxylation is 3. The van der Waals surface area contributed by atoms with E-state index in [1.165, 1.54) is 5.39 Å². The molecule has 0 saturated heterocycles. The van der Waals surface area contributed by atoms with Gasteiger partial charge in [0.1, 0.15) is 0 Å². The van der Waals surface area contributed by atoms with Crippen molar-refractivity contribution in [1.29, 1.82) is 0 Å². The van der Waals surface area contributed by atoms with Gasteiger partial charge in [0.15, 0.2) is 0 Å². The Kier molecular flexibility index (Phi) is 22.3.